The van der Waals surface area contributed by atoms with Crippen LogP contribution in [-0.2, 0) is 10.0 Å². The van der Waals surface area contributed by atoms with Crippen LogP contribution in [0.2, 0.25) is 0 Å². The van der Waals surface area contributed by atoms with Crippen LogP contribution in [-0.4, -0.2) is 37.4 Å². The lowest BCUT2D eigenvalue weighted by molar-refractivity contribution is 0.593. The number of aliphatic imine (C=N–C) groups is 1. The summed E-state index contributed by atoms with van der Waals surface area (Å²) in [5, 5.41) is 19.9. The van der Waals surface area contributed by atoms with Crippen LogP contribution in [0, 0.1) is 16.7 Å². The molecule has 1 aromatic rings. The molecule has 0 radical (unpaired) electrons. The minimum atomic E-state index is -3.68. The van der Waals surface area contributed by atoms with Crippen molar-refractivity contribution in [2.24, 2.45) is 15.8 Å². The van der Waals surface area contributed by atoms with Gasteiger partial charge in [0.2, 0.25) is 5.71 Å². The fraction of sp³-hybridized carbons (Fsp3) is 0.167. The second-order valence-corrected chi connectivity index (χ2v) is 7.03. The molecular weight excluding hydrogens is 338 g/mol. The zero-order chi connectivity index (χ0) is 16.9. The molecule has 0 bridgehead atoms. The van der Waals surface area contributed by atoms with Crippen molar-refractivity contribution < 1.29 is 8.42 Å². The van der Waals surface area contributed by atoms with Gasteiger partial charge in [-0.15, -0.1) is 0 Å². The molecule has 9 nitrogen and oxygen atoms in total. The molecule has 1 aliphatic rings. The van der Waals surface area contributed by atoms with Gasteiger partial charge in [0.1, 0.15) is 6.07 Å². The highest BCUT2D eigenvalue weighted by atomic mass is 32.2. The Bertz CT molecular complexity index is 807. The number of amidine groups is 2. The lowest BCUT2D eigenvalue weighted by Crippen LogP contribution is -2.27. The Morgan fingerprint density at radius 3 is 2.65 bits per heavy atom. The summed E-state index contributed by atoms with van der Waals surface area (Å²) >= 11 is 1.35. The zero-order valence-electron chi connectivity index (χ0n) is 11.8. The number of hydrogen-bond acceptors (Lipinski definition) is 8. The van der Waals surface area contributed by atoms with Crippen molar-refractivity contribution >= 4 is 44.2 Å². The predicted molar refractivity (Wildman–Crippen MR) is 90.1 cm³/mol. The summed E-state index contributed by atoms with van der Waals surface area (Å²) in [5.41, 5.74) is 7.88. The van der Waals surface area contributed by atoms with Gasteiger partial charge in [-0.3, -0.25) is 20.5 Å². The van der Waals surface area contributed by atoms with E-state index in [1.54, 1.807) is 6.07 Å². The van der Waals surface area contributed by atoms with Crippen LogP contribution >= 0.6 is 11.8 Å². The van der Waals surface area contributed by atoms with E-state index in [4.69, 9.17) is 16.4 Å². The number of hydrogen-bond donors (Lipinski definition) is 4. The van der Waals surface area contributed by atoms with Crippen molar-refractivity contribution in [3.63, 3.8) is 0 Å². The van der Waals surface area contributed by atoms with Crippen molar-refractivity contribution in [3.8, 4) is 6.07 Å². The number of sulfonamides is 1. The summed E-state index contributed by atoms with van der Waals surface area (Å²) < 4.78 is 26.7. The number of nitriles is 1. The maximum Gasteiger partial charge on any atom is 0.263 e. The Kier molecular flexibility index (Phi) is 5.20. The van der Waals surface area contributed by atoms with E-state index in [0.717, 1.165) is 5.75 Å². The smallest absolute Gasteiger partial charge is 0.263 e. The Morgan fingerprint density at radius 2 is 2.13 bits per heavy atom. The van der Waals surface area contributed by atoms with Gasteiger partial charge in [-0.2, -0.15) is 10.4 Å². The first kappa shape index (κ1) is 16.8. The molecule has 5 N–H and O–H groups in total. The molecule has 0 aromatic heterocycles. The molecule has 11 heteroatoms. The maximum absolute atomic E-state index is 12.2. The van der Waals surface area contributed by atoms with E-state index in [0.29, 0.717) is 17.4 Å². The van der Waals surface area contributed by atoms with Crippen molar-refractivity contribution in [2.75, 3.05) is 17.7 Å². The molecule has 1 aromatic carbocycles. The zero-order valence-corrected chi connectivity index (χ0v) is 13.4. The number of thioether (sulfide) groups is 1. The summed E-state index contributed by atoms with van der Waals surface area (Å²) in [5.74, 6) is 0.300. The SMILES string of the molecule is N#C/C(=N\Nc1ccc(S(=O)(=O)NC2=NCCS2)cc1)C(=N)N. The minimum absolute atomic E-state index is 0.0781. The number of hydrazone groups is 1. The first-order valence-corrected chi connectivity index (χ1v) is 8.77. The number of rotatable bonds is 5. The number of nitrogens with two attached hydrogens (primary N) is 1. The molecule has 0 unspecified atom stereocenters. The average Bonchev–Trinajstić information content (AvgIpc) is 3.00. The molecule has 0 fully saturated rings. The fourth-order valence-electron chi connectivity index (χ4n) is 1.55. The molecule has 23 heavy (non-hydrogen) atoms. The Balaban J connectivity index is 2.10. The monoisotopic (exact) mass is 351 g/mol. The third kappa shape index (κ3) is 4.44. The highest BCUT2D eigenvalue weighted by Crippen LogP contribution is 2.16. The van der Waals surface area contributed by atoms with E-state index in [1.165, 1.54) is 36.0 Å². The van der Waals surface area contributed by atoms with Gasteiger partial charge < -0.3 is 5.73 Å². The molecular formula is C12H13N7O2S2. The molecule has 0 atom stereocenters. The molecule has 1 heterocycles. The first-order chi connectivity index (χ1) is 10.9. The van der Waals surface area contributed by atoms with Gasteiger partial charge in [0.05, 0.1) is 17.1 Å². The van der Waals surface area contributed by atoms with E-state index in [9.17, 15) is 8.42 Å². The summed E-state index contributed by atoms with van der Waals surface area (Å²) in [6, 6.07) is 7.41. The lowest BCUT2D eigenvalue weighted by Gasteiger charge is -2.08. The van der Waals surface area contributed by atoms with Gasteiger partial charge in [0.25, 0.3) is 10.0 Å². The Hall–Kier alpha value is -2.58. The van der Waals surface area contributed by atoms with Crippen LogP contribution in [0.1, 0.15) is 0 Å². The third-order valence-corrected chi connectivity index (χ3v) is 5.00. The molecule has 120 valence electrons. The molecule has 0 saturated heterocycles. The van der Waals surface area contributed by atoms with Gasteiger partial charge in [-0.25, -0.2) is 8.42 Å². The molecule has 0 spiro atoms. The van der Waals surface area contributed by atoms with E-state index < -0.39 is 15.9 Å². The van der Waals surface area contributed by atoms with E-state index in [1.807, 2.05) is 0 Å². The van der Waals surface area contributed by atoms with Crippen LogP contribution in [0.4, 0.5) is 5.69 Å². The third-order valence-electron chi connectivity index (χ3n) is 2.63. The standard InChI is InChI=1S/C12H13N7O2S2/c13-7-10(11(14)15)18-17-8-1-3-9(4-2-8)23(20,21)19-12-16-5-6-22-12/h1-4,17H,5-6H2,(H3,14,15)(H,16,19)/b18-10+. The van der Waals surface area contributed by atoms with Gasteiger partial charge >= 0.3 is 0 Å². The number of benzene rings is 1. The van der Waals surface area contributed by atoms with Gasteiger partial charge in [0, 0.05) is 5.75 Å². The molecule has 1 aliphatic heterocycles. The van der Waals surface area contributed by atoms with Crippen LogP contribution in [0.15, 0.2) is 39.3 Å². The van der Waals surface area contributed by atoms with Gasteiger partial charge in [-0.05, 0) is 24.3 Å². The predicted octanol–water partition coefficient (Wildman–Crippen LogP) is 0.295. The maximum atomic E-state index is 12.2. The number of nitrogens with zero attached hydrogens (tertiary/aromatic N) is 3. The van der Waals surface area contributed by atoms with E-state index in [2.05, 4.69) is 20.2 Å². The first-order valence-electron chi connectivity index (χ1n) is 6.31. The largest absolute Gasteiger partial charge is 0.382 e. The average molecular weight is 351 g/mol. The second-order valence-electron chi connectivity index (χ2n) is 4.26. The Labute approximate surface area is 137 Å². The van der Waals surface area contributed by atoms with E-state index in [-0.39, 0.29) is 10.6 Å². The van der Waals surface area contributed by atoms with Crippen molar-refractivity contribution in [1.29, 1.82) is 10.7 Å². The second kappa shape index (κ2) is 7.12. The van der Waals surface area contributed by atoms with Crippen molar-refractivity contribution in [3.05, 3.63) is 24.3 Å². The fourth-order valence-corrected chi connectivity index (χ4v) is 3.58. The van der Waals surface area contributed by atoms with Crippen molar-refractivity contribution in [2.45, 2.75) is 4.90 Å². The summed E-state index contributed by atoms with van der Waals surface area (Å²) in [6.07, 6.45) is 0. The summed E-state index contributed by atoms with van der Waals surface area (Å²) in [7, 11) is -3.68. The molecule has 0 saturated carbocycles. The number of anilines is 1. The summed E-state index contributed by atoms with van der Waals surface area (Å²) in [4.78, 5) is 4.11. The van der Waals surface area contributed by atoms with Crippen LogP contribution < -0.4 is 15.9 Å². The normalized spacial score (nSPS) is 14.7. The number of nitrogens with one attached hydrogen (secondary N) is 3. The summed E-state index contributed by atoms with van der Waals surface area (Å²) in [6.45, 7) is 0.598. The topological polar surface area (TPSA) is 157 Å². The van der Waals surface area contributed by atoms with Crippen LogP contribution in [0.5, 0.6) is 0 Å². The quantitative estimate of drug-likeness (QED) is 0.339. The van der Waals surface area contributed by atoms with Crippen LogP contribution in [0.3, 0.4) is 0 Å². The van der Waals surface area contributed by atoms with Crippen LogP contribution in [0.25, 0.3) is 0 Å². The van der Waals surface area contributed by atoms with E-state index >= 15 is 0 Å². The highest BCUT2D eigenvalue weighted by molar-refractivity contribution is 8.15. The van der Waals surface area contributed by atoms with Gasteiger partial charge in [0.15, 0.2) is 11.0 Å². The van der Waals surface area contributed by atoms with Crippen molar-refractivity contribution in [1.82, 2.24) is 4.72 Å². The minimum Gasteiger partial charge on any atom is -0.382 e. The Morgan fingerprint density at radius 1 is 1.43 bits per heavy atom. The lowest BCUT2D eigenvalue weighted by atomic mass is 10.3. The molecule has 0 aliphatic carbocycles. The highest BCUT2D eigenvalue weighted by Gasteiger charge is 2.18. The molecule has 2 rings (SSSR count). The van der Waals surface area contributed by atoms with Gasteiger partial charge in [-0.1, -0.05) is 11.8 Å². The molecule has 0 amide bonds.